The van der Waals surface area contributed by atoms with Gasteiger partial charge in [0.2, 0.25) is 5.88 Å². The minimum Gasteiger partial charge on any atom is -0.481 e. The van der Waals surface area contributed by atoms with Gasteiger partial charge in [-0.2, -0.15) is 0 Å². The molecule has 2 aromatic heterocycles. The zero-order chi connectivity index (χ0) is 16.8. The molecule has 5 heteroatoms. The van der Waals surface area contributed by atoms with E-state index >= 15 is 0 Å². The lowest BCUT2D eigenvalue weighted by molar-refractivity contribution is 0.118. The molecular weight excluding hydrogens is 302 g/mol. The monoisotopic (exact) mass is 329 g/mol. The van der Waals surface area contributed by atoms with Gasteiger partial charge in [0.25, 0.3) is 0 Å². The van der Waals surface area contributed by atoms with Crippen molar-refractivity contribution in [3.63, 3.8) is 0 Å². The molecule has 0 aliphatic carbocycles. The number of hydrogen-bond acceptors (Lipinski definition) is 4. The molecule has 0 spiro atoms. The molecular formula is C19H27N3O2. The van der Waals surface area contributed by atoms with Gasteiger partial charge >= 0.3 is 0 Å². The fourth-order valence-corrected chi connectivity index (χ4v) is 3.43. The summed E-state index contributed by atoms with van der Waals surface area (Å²) >= 11 is 0. The molecule has 0 N–H and O–H groups in total. The summed E-state index contributed by atoms with van der Waals surface area (Å²) in [4.78, 5) is 6.82. The number of nitrogens with zero attached hydrogens (tertiary/aromatic N) is 3. The molecule has 0 amide bonds. The number of pyridine rings is 1. The Bertz CT molecular complexity index is 641. The summed E-state index contributed by atoms with van der Waals surface area (Å²) < 4.78 is 13.4. The van der Waals surface area contributed by atoms with Crippen LogP contribution in [-0.4, -0.2) is 41.3 Å². The van der Waals surface area contributed by atoms with Crippen LogP contribution in [0.1, 0.15) is 24.6 Å². The smallest absolute Gasteiger partial charge is 0.217 e. The molecule has 0 saturated carbocycles. The topological polar surface area (TPSA) is 39.5 Å². The van der Waals surface area contributed by atoms with Gasteiger partial charge in [-0.3, -0.25) is 4.90 Å². The first kappa shape index (κ1) is 17.0. The Labute approximate surface area is 144 Å². The number of rotatable bonds is 7. The zero-order valence-electron chi connectivity index (χ0n) is 14.6. The van der Waals surface area contributed by atoms with Crippen LogP contribution in [0.5, 0.6) is 5.88 Å². The lowest BCUT2D eigenvalue weighted by Gasteiger charge is -2.24. The van der Waals surface area contributed by atoms with Crippen molar-refractivity contribution in [2.75, 3.05) is 26.9 Å². The van der Waals surface area contributed by atoms with E-state index in [0.717, 1.165) is 57.3 Å². The maximum absolute atomic E-state index is 5.58. The van der Waals surface area contributed by atoms with E-state index in [1.54, 1.807) is 13.3 Å². The van der Waals surface area contributed by atoms with E-state index in [0.29, 0.717) is 5.92 Å². The van der Waals surface area contributed by atoms with E-state index in [9.17, 15) is 0 Å². The molecule has 0 radical (unpaired) electrons. The number of hydrogen-bond donors (Lipinski definition) is 0. The summed E-state index contributed by atoms with van der Waals surface area (Å²) in [6.45, 7) is 7.62. The summed E-state index contributed by atoms with van der Waals surface area (Å²) in [5.74, 6) is 1.32. The largest absolute Gasteiger partial charge is 0.481 e. The molecule has 3 rings (SSSR count). The van der Waals surface area contributed by atoms with Crippen LogP contribution in [0.25, 0.3) is 0 Å². The van der Waals surface area contributed by atoms with E-state index in [1.165, 1.54) is 5.69 Å². The highest BCUT2D eigenvalue weighted by atomic mass is 16.5. The van der Waals surface area contributed by atoms with E-state index in [1.807, 2.05) is 6.07 Å². The Balaban J connectivity index is 1.74. The zero-order valence-corrected chi connectivity index (χ0v) is 14.6. The molecule has 1 unspecified atom stereocenters. The second-order valence-electron chi connectivity index (χ2n) is 6.34. The Morgan fingerprint density at radius 3 is 3.00 bits per heavy atom. The minimum atomic E-state index is 0.591. The molecule has 0 saturated heterocycles. The highest BCUT2D eigenvalue weighted by Gasteiger charge is 2.22. The van der Waals surface area contributed by atoms with E-state index in [4.69, 9.17) is 9.47 Å². The van der Waals surface area contributed by atoms with Gasteiger partial charge in [-0.25, -0.2) is 4.98 Å². The van der Waals surface area contributed by atoms with Crippen LogP contribution >= 0.6 is 0 Å². The highest BCUT2D eigenvalue weighted by molar-refractivity contribution is 5.25. The number of fused-ring (bicyclic) bond motifs is 1. The first-order chi connectivity index (χ1) is 11.8. The number of ether oxygens (including phenoxy) is 2. The Kier molecular flexibility index (Phi) is 5.88. The number of methoxy groups -OCH3 is 1. The second-order valence-corrected chi connectivity index (χ2v) is 6.34. The van der Waals surface area contributed by atoms with Crippen LogP contribution in [0, 0.1) is 5.92 Å². The van der Waals surface area contributed by atoms with E-state index < -0.39 is 0 Å². The second kappa shape index (κ2) is 8.31. The SMILES string of the molecule is CCOCCC1CN(Cc2cccnc2OC)Cc2cccn2C1. The molecule has 1 atom stereocenters. The predicted octanol–water partition coefficient (Wildman–Crippen LogP) is 2.95. The van der Waals surface area contributed by atoms with Gasteiger partial charge in [0.15, 0.2) is 0 Å². The van der Waals surface area contributed by atoms with Crippen molar-refractivity contribution in [3.8, 4) is 5.88 Å². The third-order valence-corrected chi connectivity index (χ3v) is 4.59. The molecule has 2 aromatic rings. The Morgan fingerprint density at radius 2 is 2.17 bits per heavy atom. The Morgan fingerprint density at radius 1 is 1.25 bits per heavy atom. The minimum absolute atomic E-state index is 0.591. The van der Waals surface area contributed by atoms with Crippen molar-refractivity contribution in [1.82, 2.24) is 14.5 Å². The van der Waals surface area contributed by atoms with Gasteiger partial charge in [-0.1, -0.05) is 6.07 Å². The quantitative estimate of drug-likeness (QED) is 0.732. The molecule has 0 bridgehead atoms. The summed E-state index contributed by atoms with van der Waals surface area (Å²) in [5, 5.41) is 0. The lowest BCUT2D eigenvalue weighted by atomic mass is 10.1. The average molecular weight is 329 g/mol. The fourth-order valence-electron chi connectivity index (χ4n) is 3.43. The maximum Gasteiger partial charge on any atom is 0.217 e. The maximum atomic E-state index is 5.58. The predicted molar refractivity (Wildman–Crippen MR) is 93.9 cm³/mol. The lowest BCUT2D eigenvalue weighted by Crippen LogP contribution is -2.28. The molecule has 130 valence electrons. The van der Waals surface area contributed by atoms with Crippen LogP contribution in [0.15, 0.2) is 36.7 Å². The third-order valence-electron chi connectivity index (χ3n) is 4.59. The molecule has 0 fully saturated rings. The molecule has 0 aromatic carbocycles. The highest BCUT2D eigenvalue weighted by Crippen LogP contribution is 2.23. The van der Waals surface area contributed by atoms with Gasteiger partial charge in [0.05, 0.1) is 7.11 Å². The normalized spacial score (nSPS) is 18.2. The van der Waals surface area contributed by atoms with Gasteiger partial charge in [0.1, 0.15) is 0 Å². The first-order valence-corrected chi connectivity index (χ1v) is 8.72. The van der Waals surface area contributed by atoms with Crippen LogP contribution in [0.2, 0.25) is 0 Å². The molecule has 5 nitrogen and oxygen atoms in total. The van der Waals surface area contributed by atoms with Crippen molar-refractivity contribution in [1.29, 1.82) is 0 Å². The summed E-state index contributed by atoms with van der Waals surface area (Å²) in [6, 6.07) is 8.44. The van der Waals surface area contributed by atoms with Gasteiger partial charge in [0, 0.05) is 63.0 Å². The van der Waals surface area contributed by atoms with Crippen molar-refractivity contribution < 1.29 is 9.47 Å². The van der Waals surface area contributed by atoms with Crippen molar-refractivity contribution in [2.45, 2.75) is 33.0 Å². The first-order valence-electron chi connectivity index (χ1n) is 8.72. The summed E-state index contributed by atoms with van der Waals surface area (Å²) in [5.41, 5.74) is 2.51. The molecule has 1 aliphatic heterocycles. The van der Waals surface area contributed by atoms with Gasteiger partial charge in [-0.15, -0.1) is 0 Å². The summed E-state index contributed by atoms with van der Waals surface area (Å²) in [7, 11) is 1.68. The summed E-state index contributed by atoms with van der Waals surface area (Å²) in [6.07, 6.45) is 5.06. The third kappa shape index (κ3) is 4.16. The standard InChI is InChI=1S/C19H27N3O2/c1-3-24-11-8-16-12-21(15-18-7-5-10-22(18)13-16)14-17-6-4-9-20-19(17)23-2/h4-7,9-10,16H,3,8,11-15H2,1-2H3. The van der Waals surface area contributed by atoms with E-state index in [-0.39, 0.29) is 0 Å². The fraction of sp³-hybridized carbons (Fsp3) is 0.526. The molecule has 1 aliphatic rings. The van der Waals surface area contributed by atoms with Gasteiger partial charge < -0.3 is 14.0 Å². The van der Waals surface area contributed by atoms with Crippen LogP contribution in [0.4, 0.5) is 0 Å². The van der Waals surface area contributed by atoms with Crippen LogP contribution < -0.4 is 4.74 Å². The van der Waals surface area contributed by atoms with Crippen LogP contribution in [0.3, 0.4) is 0 Å². The van der Waals surface area contributed by atoms with Crippen molar-refractivity contribution >= 4 is 0 Å². The van der Waals surface area contributed by atoms with E-state index in [2.05, 4.69) is 45.8 Å². The Hall–Kier alpha value is -1.85. The van der Waals surface area contributed by atoms with Gasteiger partial charge in [-0.05, 0) is 37.5 Å². The van der Waals surface area contributed by atoms with Crippen molar-refractivity contribution in [3.05, 3.63) is 47.9 Å². The number of aromatic nitrogens is 2. The molecule has 3 heterocycles. The van der Waals surface area contributed by atoms with Crippen molar-refractivity contribution in [2.24, 2.45) is 5.92 Å². The average Bonchev–Trinajstić information content (AvgIpc) is 2.95. The molecule has 24 heavy (non-hydrogen) atoms. The van der Waals surface area contributed by atoms with Crippen LogP contribution in [-0.2, 0) is 24.4 Å².